The number of aromatic nitrogens is 3. The van der Waals surface area contributed by atoms with Gasteiger partial charge < -0.3 is 13.9 Å². The lowest BCUT2D eigenvalue weighted by Crippen LogP contribution is -2.34. The van der Waals surface area contributed by atoms with Gasteiger partial charge >= 0.3 is 0 Å². The number of hydrogen-bond acceptors (Lipinski definition) is 5. The zero-order valence-corrected chi connectivity index (χ0v) is 15.9. The van der Waals surface area contributed by atoms with E-state index >= 15 is 0 Å². The molecule has 1 aromatic carbocycles. The fraction of sp³-hybridized carbons (Fsp3) is 0.500. The molecule has 26 heavy (non-hydrogen) atoms. The van der Waals surface area contributed by atoms with Gasteiger partial charge in [-0.2, -0.15) is 0 Å². The quantitative estimate of drug-likeness (QED) is 0.706. The van der Waals surface area contributed by atoms with E-state index in [1.807, 2.05) is 6.07 Å². The third-order valence-corrected chi connectivity index (χ3v) is 5.25. The maximum atomic E-state index is 5.45. The Hall–Kier alpha value is -2.18. The van der Waals surface area contributed by atoms with Gasteiger partial charge in [-0.05, 0) is 57.2 Å². The average Bonchev–Trinajstić information content (AvgIpc) is 3.22. The van der Waals surface area contributed by atoms with E-state index in [4.69, 9.17) is 4.42 Å². The van der Waals surface area contributed by atoms with Crippen molar-refractivity contribution in [2.45, 2.75) is 31.8 Å². The Bertz CT molecular complexity index is 881. The Kier molecular flexibility index (Phi) is 4.78. The Morgan fingerprint density at radius 2 is 2.12 bits per heavy atom. The third-order valence-electron chi connectivity index (χ3n) is 5.25. The van der Waals surface area contributed by atoms with Crippen molar-refractivity contribution >= 4 is 11.0 Å². The summed E-state index contributed by atoms with van der Waals surface area (Å²) in [7, 11) is 6.22. The van der Waals surface area contributed by atoms with Crippen LogP contribution in [0.5, 0.6) is 0 Å². The van der Waals surface area contributed by atoms with Crippen molar-refractivity contribution in [2.75, 3.05) is 27.2 Å². The number of hydrogen-bond donors (Lipinski definition) is 0. The molecule has 0 saturated carbocycles. The predicted octanol–water partition coefficient (Wildman–Crippen LogP) is 3.00. The molecule has 2 aromatic heterocycles. The number of fused-ring (bicyclic) bond motifs is 1. The van der Waals surface area contributed by atoms with Crippen LogP contribution in [0.1, 0.15) is 36.0 Å². The van der Waals surface area contributed by atoms with E-state index in [1.54, 1.807) is 6.26 Å². The van der Waals surface area contributed by atoms with Gasteiger partial charge in [-0.3, -0.25) is 4.90 Å². The smallest absolute Gasteiger partial charge is 0.146 e. The Morgan fingerprint density at radius 1 is 1.23 bits per heavy atom. The van der Waals surface area contributed by atoms with Gasteiger partial charge in [0.2, 0.25) is 0 Å². The first-order valence-corrected chi connectivity index (χ1v) is 9.31. The van der Waals surface area contributed by atoms with Gasteiger partial charge in [-0.25, -0.2) is 0 Å². The van der Waals surface area contributed by atoms with E-state index in [0.29, 0.717) is 5.92 Å². The van der Waals surface area contributed by atoms with Crippen LogP contribution in [0.4, 0.5) is 0 Å². The van der Waals surface area contributed by atoms with Crippen molar-refractivity contribution in [2.24, 2.45) is 7.05 Å². The maximum absolute atomic E-state index is 5.45. The summed E-state index contributed by atoms with van der Waals surface area (Å²) >= 11 is 0. The van der Waals surface area contributed by atoms with Crippen LogP contribution in [-0.4, -0.2) is 51.7 Å². The summed E-state index contributed by atoms with van der Waals surface area (Å²) < 4.78 is 7.63. The molecule has 4 rings (SSSR count). The lowest BCUT2D eigenvalue weighted by molar-refractivity contribution is 0.195. The van der Waals surface area contributed by atoms with Crippen LogP contribution in [0, 0.1) is 0 Å². The van der Waals surface area contributed by atoms with Crippen LogP contribution in [0.3, 0.4) is 0 Å². The average molecular weight is 353 g/mol. The van der Waals surface area contributed by atoms with Gasteiger partial charge in [-0.1, -0.05) is 6.07 Å². The minimum atomic E-state index is 0.454. The molecule has 1 atom stereocenters. The summed E-state index contributed by atoms with van der Waals surface area (Å²) in [4.78, 5) is 4.67. The summed E-state index contributed by atoms with van der Waals surface area (Å²) in [6, 6.07) is 8.51. The topological polar surface area (TPSA) is 50.3 Å². The van der Waals surface area contributed by atoms with Gasteiger partial charge in [0.15, 0.2) is 0 Å². The van der Waals surface area contributed by atoms with Crippen molar-refractivity contribution in [1.82, 2.24) is 24.6 Å². The molecule has 0 N–H and O–H groups in total. The molecule has 1 aliphatic rings. The highest BCUT2D eigenvalue weighted by atomic mass is 16.3. The highest BCUT2D eigenvalue weighted by Gasteiger charge is 2.26. The summed E-state index contributed by atoms with van der Waals surface area (Å²) in [5, 5.41) is 10.1. The lowest BCUT2D eigenvalue weighted by Gasteiger charge is -2.32. The van der Waals surface area contributed by atoms with E-state index in [9.17, 15) is 0 Å². The second-order valence-corrected chi connectivity index (χ2v) is 7.64. The Labute approximate surface area is 154 Å². The standard InChI is InChI=1S/C20H27N5O/c1-23(2)14-19-21-22-20(24(19)3)17-5-4-9-25(13-17)12-15-6-7-18-16(11-15)8-10-26-18/h6-8,10-11,17H,4-5,9,12-14H2,1-3H3/t17-/m0/s1. The fourth-order valence-corrected chi connectivity index (χ4v) is 3.93. The summed E-state index contributed by atoms with van der Waals surface area (Å²) in [6.45, 7) is 3.98. The van der Waals surface area contributed by atoms with Crippen LogP contribution >= 0.6 is 0 Å². The van der Waals surface area contributed by atoms with Crippen LogP contribution < -0.4 is 0 Å². The van der Waals surface area contributed by atoms with Crippen LogP contribution in [0.25, 0.3) is 11.0 Å². The van der Waals surface area contributed by atoms with Gasteiger partial charge in [0, 0.05) is 31.4 Å². The molecular weight excluding hydrogens is 326 g/mol. The van der Waals surface area contributed by atoms with E-state index in [2.05, 4.69) is 63.9 Å². The molecule has 0 aliphatic carbocycles. The number of furan rings is 1. The van der Waals surface area contributed by atoms with Crippen molar-refractivity contribution in [3.8, 4) is 0 Å². The lowest BCUT2D eigenvalue weighted by atomic mass is 9.96. The first-order valence-electron chi connectivity index (χ1n) is 9.31. The summed E-state index contributed by atoms with van der Waals surface area (Å²) in [5.41, 5.74) is 2.29. The van der Waals surface area contributed by atoms with Crippen LogP contribution in [-0.2, 0) is 20.1 Å². The van der Waals surface area contributed by atoms with Gasteiger partial charge in [-0.15, -0.1) is 10.2 Å². The molecule has 1 aliphatic heterocycles. The molecule has 6 heteroatoms. The molecule has 6 nitrogen and oxygen atoms in total. The molecule has 0 unspecified atom stereocenters. The maximum Gasteiger partial charge on any atom is 0.146 e. The van der Waals surface area contributed by atoms with Gasteiger partial charge in [0.05, 0.1) is 12.8 Å². The van der Waals surface area contributed by atoms with Crippen LogP contribution in [0.15, 0.2) is 34.9 Å². The first kappa shape index (κ1) is 17.2. The molecule has 0 radical (unpaired) electrons. The number of likely N-dealkylation sites (tertiary alicyclic amines) is 1. The minimum absolute atomic E-state index is 0.454. The van der Waals surface area contributed by atoms with Crippen molar-refractivity contribution in [3.05, 3.63) is 47.7 Å². The zero-order chi connectivity index (χ0) is 18.1. The Balaban J connectivity index is 1.46. The van der Waals surface area contributed by atoms with E-state index in [-0.39, 0.29) is 0 Å². The molecule has 0 bridgehead atoms. The second-order valence-electron chi connectivity index (χ2n) is 7.64. The molecule has 0 spiro atoms. The highest BCUT2D eigenvalue weighted by molar-refractivity contribution is 5.77. The SMILES string of the molecule is CN(C)Cc1nnc([C@H]2CCCN(Cc3ccc4occc4c3)C2)n1C. The molecule has 3 heterocycles. The number of rotatable bonds is 5. The zero-order valence-electron chi connectivity index (χ0n) is 15.9. The van der Waals surface area contributed by atoms with Crippen molar-refractivity contribution in [3.63, 3.8) is 0 Å². The number of benzene rings is 1. The van der Waals surface area contributed by atoms with Crippen molar-refractivity contribution in [1.29, 1.82) is 0 Å². The molecule has 1 saturated heterocycles. The van der Waals surface area contributed by atoms with Crippen molar-refractivity contribution < 1.29 is 4.42 Å². The van der Waals surface area contributed by atoms with E-state index < -0.39 is 0 Å². The summed E-state index contributed by atoms with van der Waals surface area (Å²) in [6.07, 6.45) is 4.14. The summed E-state index contributed by atoms with van der Waals surface area (Å²) in [5.74, 6) is 2.61. The first-order chi connectivity index (χ1) is 12.6. The number of piperidine rings is 1. The normalized spacial score (nSPS) is 18.8. The third kappa shape index (κ3) is 3.52. The predicted molar refractivity (Wildman–Crippen MR) is 102 cm³/mol. The van der Waals surface area contributed by atoms with Gasteiger partial charge in [0.1, 0.15) is 17.2 Å². The molecular formula is C20H27N5O. The van der Waals surface area contributed by atoms with Gasteiger partial charge in [0.25, 0.3) is 0 Å². The monoisotopic (exact) mass is 353 g/mol. The number of nitrogens with zero attached hydrogens (tertiary/aromatic N) is 5. The molecule has 1 fully saturated rings. The molecule has 3 aromatic rings. The van der Waals surface area contributed by atoms with E-state index in [1.165, 1.54) is 23.8 Å². The molecule has 138 valence electrons. The largest absolute Gasteiger partial charge is 0.464 e. The Morgan fingerprint density at radius 3 is 2.96 bits per heavy atom. The van der Waals surface area contributed by atoms with Crippen LogP contribution in [0.2, 0.25) is 0 Å². The molecule has 0 amide bonds. The highest BCUT2D eigenvalue weighted by Crippen LogP contribution is 2.27. The fourth-order valence-electron chi connectivity index (χ4n) is 3.93. The second kappa shape index (κ2) is 7.21. The van der Waals surface area contributed by atoms with E-state index in [0.717, 1.165) is 43.4 Å². The minimum Gasteiger partial charge on any atom is -0.464 e.